The van der Waals surface area contributed by atoms with Crippen LogP contribution in [0.1, 0.15) is 5.69 Å². The standard InChI is InChI=1S/C17H12F4N2O/c1-24-15-8-7-11(9-13(15)18)14-10-16(17(19,20)21)22-23(14)12-5-3-2-4-6-12/h2-10H,1H3. The minimum atomic E-state index is -4.60. The molecule has 1 aromatic heterocycles. The molecule has 124 valence electrons. The Morgan fingerprint density at radius 2 is 1.71 bits per heavy atom. The van der Waals surface area contributed by atoms with Gasteiger partial charge in [0.2, 0.25) is 0 Å². The van der Waals surface area contributed by atoms with Crippen molar-refractivity contribution in [2.75, 3.05) is 7.11 Å². The fourth-order valence-electron chi connectivity index (χ4n) is 2.32. The summed E-state index contributed by atoms with van der Waals surface area (Å²) in [5, 5.41) is 3.64. The van der Waals surface area contributed by atoms with E-state index in [0.29, 0.717) is 5.69 Å². The largest absolute Gasteiger partial charge is 0.494 e. The number of rotatable bonds is 3. The van der Waals surface area contributed by atoms with E-state index in [-0.39, 0.29) is 17.0 Å². The van der Waals surface area contributed by atoms with E-state index in [2.05, 4.69) is 5.10 Å². The van der Waals surface area contributed by atoms with Crippen molar-refractivity contribution in [3.63, 3.8) is 0 Å². The number of ether oxygens (including phenoxy) is 1. The van der Waals surface area contributed by atoms with E-state index >= 15 is 0 Å². The van der Waals surface area contributed by atoms with Gasteiger partial charge in [0.05, 0.1) is 18.5 Å². The molecule has 0 bridgehead atoms. The molecule has 1 heterocycles. The van der Waals surface area contributed by atoms with E-state index in [1.54, 1.807) is 30.3 Å². The third kappa shape index (κ3) is 2.97. The molecule has 0 aliphatic heterocycles. The number of methoxy groups -OCH3 is 1. The van der Waals surface area contributed by atoms with Gasteiger partial charge in [-0.05, 0) is 36.4 Å². The highest BCUT2D eigenvalue weighted by atomic mass is 19.4. The molecule has 3 rings (SSSR count). The first-order valence-electron chi connectivity index (χ1n) is 6.97. The van der Waals surface area contributed by atoms with Crippen LogP contribution in [0.2, 0.25) is 0 Å². The summed E-state index contributed by atoms with van der Waals surface area (Å²) in [6.07, 6.45) is -4.60. The molecule has 0 fully saturated rings. The lowest BCUT2D eigenvalue weighted by atomic mass is 10.1. The van der Waals surface area contributed by atoms with Crippen molar-refractivity contribution < 1.29 is 22.3 Å². The molecule has 0 atom stereocenters. The van der Waals surface area contributed by atoms with Gasteiger partial charge < -0.3 is 4.74 Å². The van der Waals surface area contributed by atoms with Gasteiger partial charge in [0, 0.05) is 5.56 Å². The summed E-state index contributed by atoms with van der Waals surface area (Å²) in [6.45, 7) is 0. The molecule has 7 heteroatoms. The van der Waals surface area contributed by atoms with E-state index in [0.717, 1.165) is 16.8 Å². The molecule has 0 aliphatic carbocycles. The summed E-state index contributed by atoms with van der Waals surface area (Å²) in [7, 11) is 1.31. The van der Waals surface area contributed by atoms with Gasteiger partial charge in [0.1, 0.15) is 0 Å². The van der Waals surface area contributed by atoms with Crippen LogP contribution in [0.5, 0.6) is 5.75 Å². The summed E-state index contributed by atoms with van der Waals surface area (Å²) in [5.74, 6) is -0.648. The quantitative estimate of drug-likeness (QED) is 0.648. The summed E-state index contributed by atoms with van der Waals surface area (Å²) < 4.78 is 59.0. The number of para-hydroxylation sites is 1. The third-order valence-corrected chi connectivity index (χ3v) is 3.45. The molecule has 0 unspecified atom stereocenters. The normalized spacial score (nSPS) is 11.5. The summed E-state index contributed by atoms with van der Waals surface area (Å²) >= 11 is 0. The van der Waals surface area contributed by atoms with Gasteiger partial charge in [0.25, 0.3) is 0 Å². The van der Waals surface area contributed by atoms with Crippen molar-refractivity contribution in [2.24, 2.45) is 0 Å². The number of benzene rings is 2. The maximum Gasteiger partial charge on any atom is 0.435 e. The highest BCUT2D eigenvalue weighted by molar-refractivity contribution is 5.64. The van der Waals surface area contributed by atoms with E-state index in [1.165, 1.54) is 19.2 Å². The Kier molecular flexibility index (Phi) is 4.01. The van der Waals surface area contributed by atoms with Gasteiger partial charge in [-0.1, -0.05) is 18.2 Å². The Morgan fingerprint density at radius 1 is 1.00 bits per heavy atom. The average Bonchev–Trinajstić information content (AvgIpc) is 3.01. The van der Waals surface area contributed by atoms with E-state index in [1.807, 2.05) is 0 Å². The zero-order valence-electron chi connectivity index (χ0n) is 12.5. The SMILES string of the molecule is COc1ccc(-c2cc(C(F)(F)F)nn2-c2ccccc2)cc1F. The monoisotopic (exact) mass is 336 g/mol. The molecular weight excluding hydrogens is 324 g/mol. The number of hydrogen-bond acceptors (Lipinski definition) is 2. The van der Waals surface area contributed by atoms with Crippen LogP contribution in [0, 0.1) is 5.82 Å². The second-order valence-electron chi connectivity index (χ2n) is 5.01. The van der Waals surface area contributed by atoms with Crippen molar-refractivity contribution >= 4 is 0 Å². The molecule has 0 saturated heterocycles. The maximum absolute atomic E-state index is 13.9. The third-order valence-electron chi connectivity index (χ3n) is 3.45. The Balaban J connectivity index is 2.19. The highest BCUT2D eigenvalue weighted by Gasteiger charge is 2.35. The van der Waals surface area contributed by atoms with Gasteiger partial charge in [-0.2, -0.15) is 18.3 Å². The van der Waals surface area contributed by atoms with Crippen LogP contribution in [-0.4, -0.2) is 16.9 Å². The zero-order chi connectivity index (χ0) is 17.3. The van der Waals surface area contributed by atoms with Crippen molar-refractivity contribution in [1.29, 1.82) is 0 Å². The molecule has 24 heavy (non-hydrogen) atoms. The van der Waals surface area contributed by atoms with E-state index < -0.39 is 17.7 Å². The predicted molar refractivity (Wildman–Crippen MR) is 80.5 cm³/mol. The van der Waals surface area contributed by atoms with Crippen LogP contribution in [0.25, 0.3) is 16.9 Å². The zero-order valence-corrected chi connectivity index (χ0v) is 12.5. The molecule has 3 aromatic rings. The molecule has 0 N–H and O–H groups in total. The molecular formula is C17H12F4N2O. The number of nitrogens with zero attached hydrogens (tertiary/aromatic N) is 2. The van der Waals surface area contributed by atoms with E-state index in [4.69, 9.17) is 4.74 Å². The highest BCUT2D eigenvalue weighted by Crippen LogP contribution is 2.34. The van der Waals surface area contributed by atoms with Gasteiger partial charge >= 0.3 is 6.18 Å². The molecule has 2 aromatic carbocycles. The molecule has 0 spiro atoms. The van der Waals surface area contributed by atoms with Crippen LogP contribution in [0.4, 0.5) is 17.6 Å². The second-order valence-corrected chi connectivity index (χ2v) is 5.01. The lowest BCUT2D eigenvalue weighted by Gasteiger charge is -2.09. The predicted octanol–water partition coefficient (Wildman–Crippen LogP) is 4.71. The smallest absolute Gasteiger partial charge is 0.435 e. The molecule has 0 amide bonds. The topological polar surface area (TPSA) is 27.1 Å². The second kappa shape index (κ2) is 5.99. The van der Waals surface area contributed by atoms with Crippen molar-refractivity contribution in [3.8, 4) is 22.7 Å². The first-order valence-corrected chi connectivity index (χ1v) is 6.97. The number of aromatic nitrogens is 2. The number of hydrogen-bond donors (Lipinski definition) is 0. The molecule has 0 aliphatic rings. The van der Waals surface area contributed by atoms with Gasteiger partial charge in [-0.15, -0.1) is 0 Å². The minimum absolute atomic E-state index is 0.0144. The van der Waals surface area contributed by atoms with E-state index in [9.17, 15) is 17.6 Å². The van der Waals surface area contributed by atoms with Gasteiger partial charge in [0.15, 0.2) is 17.3 Å². The molecule has 3 nitrogen and oxygen atoms in total. The molecule has 0 radical (unpaired) electrons. The van der Waals surface area contributed by atoms with Crippen LogP contribution in [0.3, 0.4) is 0 Å². The lowest BCUT2D eigenvalue weighted by molar-refractivity contribution is -0.141. The Bertz CT molecular complexity index is 857. The fraction of sp³-hybridized carbons (Fsp3) is 0.118. The van der Waals surface area contributed by atoms with Crippen LogP contribution < -0.4 is 4.74 Å². The number of alkyl halides is 3. The first-order chi connectivity index (χ1) is 11.4. The van der Waals surface area contributed by atoms with Crippen LogP contribution in [-0.2, 0) is 6.18 Å². The summed E-state index contributed by atoms with van der Waals surface area (Å²) in [6, 6.07) is 13.2. The fourth-order valence-corrected chi connectivity index (χ4v) is 2.32. The molecule has 0 saturated carbocycles. The number of halogens is 4. The van der Waals surface area contributed by atoms with Crippen LogP contribution in [0.15, 0.2) is 54.6 Å². The first kappa shape index (κ1) is 16.0. The van der Waals surface area contributed by atoms with Gasteiger partial charge in [-0.3, -0.25) is 0 Å². The van der Waals surface area contributed by atoms with Crippen molar-refractivity contribution in [1.82, 2.24) is 9.78 Å². The average molecular weight is 336 g/mol. The van der Waals surface area contributed by atoms with Crippen molar-refractivity contribution in [2.45, 2.75) is 6.18 Å². The minimum Gasteiger partial charge on any atom is -0.494 e. The lowest BCUT2D eigenvalue weighted by Crippen LogP contribution is -2.07. The van der Waals surface area contributed by atoms with Crippen molar-refractivity contribution in [3.05, 3.63) is 66.1 Å². The van der Waals surface area contributed by atoms with Gasteiger partial charge in [-0.25, -0.2) is 9.07 Å². The summed E-state index contributed by atoms with van der Waals surface area (Å²) in [5.41, 5.74) is -0.202. The Hall–Kier alpha value is -2.83. The maximum atomic E-state index is 13.9. The van der Waals surface area contributed by atoms with Crippen LogP contribution >= 0.6 is 0 Å². The Morgan fingerprint density at radius 3 is 2.29 bits per heavy atom. The Labute approximate surface area is 135 Å². The summed E-state index contributed by atoms with van der Waals surface area (Å²) in [4.78, 5) is 0.